The predicted molar refractivity (Wildman–Crippen MR) is 133 cm³/mol. The van der Waals surface area contributed by atoms with Crippen LogP contribution in [-0.4, -0.2) is 6.36 Å². The van der Waals surface area contributed by atoms with Gasteiger partial charge in [0, 0.05) is 5.39 Å². The quantitative estimate of drug-likeness (QED) is 0.208. The van der Waals surface area contributed by atoms with Gasteiger partial charge in [-0.1, -0.05) is 69.0 Å². The van der Waals surface area contributed by atoms with Crippen molar-refractivity contribution < 1.29 is 26.7 Å². The summed E-state index contributed by atoms with van der Waals surface area (Å²) < 4.78 is 69.9. The van der Waals surface area contributed by atoms with E-state index in [0.29, 0.717) is 35.3 Å². The number of aryl methyl sites for hydroxylation is 2. The van der Waals surface area contributed by atoms with Gasteiger partial charge < -0.3 is 4.74 Å². The van der Waals surface area contributed by atoms with Gasteiger partial charge in [0.25, 0.3) is 0 Å². The lowest BCUT2D eigenvalue weighted by molar-refractivity contribution is -0.275. The fourth-order valence-corrected chi connectivity index (χ4v) is 5.46. The zero-order chi connectivity index (χ0) is 25.7. The fraction of sp³-hybridized carbons (Fsp3) is 0.467. The first-order valence-electron chi connectivity index (χ1n) is 13.0. The Morgan fingerprint density at radius 1 is 0.861 bits per heavy atom. The van der Waals surface area contributed by atoms with Crippen molar-refractivity contribution in [2.75, 3.05) is 0 Å². The molecule has 0 N–H and O–H groups in total. The third kappa shape index (κ3) is 6.77. The van der Waals surface area contributed by atoms with Gasteiger partial charge in [0.05, 0.1) is 0 Å². The second kappa shape index (κ2) is 11.6. The molecule has 1 aliphatic rings. The SMILES string of the molecule is CCCCCC1CCC(c2ccc3c(F)c(CCc4ccc(OC(F)(F)F)c(F)c4)ccc3c2)CC1. The molecule has 6 heteroatoms. The van der Waals surface area contributed by atoms with E-state index in [1.807, 2.05) is 18.2 Å². The Morgan fingerprint density at radius 3 is 2.33 bits per heavy atom. The molecule has 3 aromatic carbocycles. The maximum atomic E-state index is 15.3. The van der Waals surface area contributed by atoms with E-state index in [0.717, 1.165) is 23.4 Å². The second-order valence-electron chi connectivity index (χ2n) is 10.0. The van der Waals surface area contributed by atoms with Crippen LogP contribution in [0.4, 0.5) is 22.0 Å². The van der Waals surface area contributed by atoms with E-state index >= 15 is 4.39 Å². The molecule has 0 spiro atoms. The summed E-state index contributed by atoms with van der Waals surface area (Å²) >= 11 is 0. The molecule has 0 aliphatic heterocycles. The fourth-order valence-electron chi connectivity index (χ4n) is 5.46. The molecule has 0 aromatic heterocycles. The summed E-state index contributed by atoms with van der Waals surface area (Å²) in [5.74, 6) is -0.889. The summed E-state index contributed by atoms with van der Waals surface area (Å²) in [6, 6.07) is 13.0. The first kappa shape index (κ1) is 26.4. The molecule has 3 aromatic rings. The lowest BCUT2D eigenvalue weighted by Crippen LogP contribution is -2.18. The lowest BCUT2D eigenvalue weighted by Gasteiger charge is -2.29. The lowest BCUT2D eigenvalue weighted by atomic mass is 9.76. The van der Waals surface area contributed by atoms with E-state index in [2.05, 4.69) is 17.7 Å². The summed E-state index contributed by atoms with van der Waals surface area (Å²) in [7, 11) is 0. The number of halogens is 5. The zero-order valence-electron chi connectivity index (χ0n) is 20.6. The second-order valence-corrected chi connectivity index (χ2v) is 10.0. The highest BCUT2D eigenvalue weighted by Gasteiger charge is 2.32. The Labute approximate surface area is 209 Å². The smallest absolute Gasteiger partial charge is 0.403 e. The molecular weight excluding hydrogens is 471 g/mol. The normalized spacial score (nSPS) is 18.5. The molecule has 0 bridgehead atoms. The predicted octanol–water partition coefficient (Wildman–Crippen LogP) is 9.66. The standard InChI is InChI=1S/C30H33F5O/c1-2-3-4-5-20-6-10-22(11-7-20)24-15-16-26-25(19-24)14-13-23(29(26)32)12-8-21-9-17-28(27(31)18-21)36-30(33,34)35/h9,13-20,22H,2-8,10-12H2,1H3. The van der Waals surface area contributed by atoms with Gasteiger partial charge in [-0.25, -0.2) is 8.78 Å². The molecule has 1 nitrogen and oxygen atoms in total. The molecule has 36 heavy (non-hydrogen) atoms. The third-order valence-corrected chi connectivity index (χ3v) is 7.50. The molecule has 0 amide bonds. The number of ether oxygens (including phenoxy) is 1. The van der Waals surface area contributed by atoms with E-state index in [4.69, 9.17) is 0 Å². The van der Waals surface area contributed by atoms with Crippen LogP contribution >= 0.6 is 0 Å². The van der Waals surface area contributed by atoms with Crippen LogP contribution in [0, 0.1) is 17.6 Å². The molecule has 1 saturated carbocycles. The van der Waals surface area contributed by atoms with Crippen molar-refractivity contribution in [1.82, 2.24) is 0 Å². The van der Waals surface area contributed by atoms with Crippen molar-refractivity contribution in [1.29, 1.82) is 0 Å². The minimum Gasteiger partial charge on any atom is -0.403 e. The van der Waals surface area contributed by atoms with Gasteiger partial charge >= 0.3 is 6.36 Å². The zero-order valence-corrected chi connectivity index (χ0v) is 20.6. The molecule has 194 valence electrons. The van der Waals surface area contributed by atoms with Crippen LogP contribution in [0.1, 0.15) is 80.9 Å². The highest BCUT2D eigenvalue weighted by Crippen LogP contribution is 2.39. The van der Waals surface area contributed by atoms with E-state index < -0.39 is 17.9 Å². The topological polar surface area (TPSA) is 9.23 Å². The molecule has 4 rings (SSSR count). The molecule has 1 aliphatic carbocycles. The van der Waals surface area contributed by atoms with Crippen molar-refractivity contribution in [3.05, 3.63) is 76.9 Å². The van der Waals surface area contributed by atoms with Gasteiger partial charge in [0.15, 0.2) is 11.6 Å². The monoisotopic (exact) mass is 504 g/mol. The average molecular weight is 505 g/mol. The maximum absolute atomic E-state index is 15.3. The van der Waals surface area contributed by atoms with Crippen LogP contribution in [0.15, 0.2) is 48.5 Å². The summed E-state index contributed by atoms with van der Waals surface area (Å²) in [5, 5.41) is 1.43. The minimum absolute atomic E-state index is 0.295. The first-order valence-corrected chi connectivity index (χ1v) is 13.0. The van der Waals surface area contributed by atoms with Crippen molar-refractivity contribution >= 4 is 10.8 Å². The highest BCUT2D eigenvalue weighted by atomic mass is 19.4. The number of fused-ring (bicyclic) bond motifs is 1. The maximum Gasteiger partial charge on any atom is 0.573 e. The summed E-state index contributed by atoms with van der Waals surface area (Å²) in [6.45, 7) is 2.24. The highest BCUT2D eigenvalue weighted by molar-refractivity contribution is 5.84. The summed E-state index contributed by atoms with van der Waals surface area (Å²) in [5.41, 5.74) is 2.25. The summed E-state index contributed by atoms with van der Waals surface area (Å²) in [4.78, 5) is 0. The van der Waals surface area contributed by atoms with E-state index in [1.54, 1.807) is 6.07 Å². The molecule has 0 unspecified atom stereocenters. The Morgan fingerprint density at radius 2 is 1.64 bits per heavy atom. The van der Waals surface area contributed by atoms with E-state index in [9.17, 15) is 17.6 Å². The van der Waals surface area contributed by atoms with Crippen LogP contribution in [-0.2, 0) is 12.8 Å². The molecule has 1 fully saturated rings. The molecule has 0 atom stereocenters. The van der Waals surface area contributed by atoms with Crippen LogP contribution in [0.25, 0.3) is 10.8 Å². The van der Waals surface area contributed by atoms with Crippen molar-refractivity contribution in [3.8, 4) is 5.75 Å². The number of hydrogen-bond donors (Lipinski definition) is 0. The number of unbranched alkanes of at least 4 members (excludes halogenated alkanes) is 2. The Kier molecular flexibility index (Phi) is 8.53. The van der Waals surface area contributed by atoms with Crippen LogP contribution < -0.4 is 4.74 Å². The Hall–Kier alpha value is -2.63. The number of hydrogen-bond acceptors (Lipinski definition) is 1. The third-order valence-electron chi connectivity index (χ3n) is 7.50. The van der Waals surface area contributed by atoms with Gasteiger partial charge in [-0.2, -0.15) is 0 Å². The first-order chi connectivity index (χ1) is 17.2. The van der Waals surface area contributed by atoms with Gasteiger partial charge in [-0.05, 0) is 84.6 Å². The minimum atomic E-state index is -4.95. The van der Waals surface area contributed by atoms with Crippen molar-refractivity contribution in [2.45, 2.75) is 83.4 Å². The molecular formula is C30H33F5O. The van der Waals surface area contributed by atoms with E-state index in [1.165, 1.54) is 63.0 Å². The van der Waals surface area contributed by atoms with Crippen LogP contribution in [0.2, 0.25) is 0 Å². The molecule has 0 saturated heterocycles. The van der Waals surface area contributed by atoms with Gasteiger partial charge in [-0.3, -0.25) is 0 Å². The molecule has 0 heterocycles. The Bertz CT molecular complexity index is 1160. The number of rotatable bonds is 9. The number of benzene rings is 3. The van der Waals surface area contributed by atoms with Crippen molar-refractivity contribution in [2.24, 2.45) is 5.92 Å². The van der Waals surface area contributed by atoms with Crippen LogP contribution in [0.5, 0.6) is 5.75 Å². The van der Waals surface area contributed by atoms with Crippen LogP contribution in [0.3, 0.4) is 0 Å². The molecule has 0 radical (unpaired) electrons. The summed E-state index contributed by atoms with van der Waals surface area (Å²) in [6.07, 6.45) is 5.81. The van der Waals surface area contributed by atoms with Gasteiger partial charge in [-0.15, -0.1) is 13.2 Å². The Balaban J connectivity index is 1.39. The average Bonchev–Trinajstić information content (AvgIpc) is 2.85. The largest absolute Gasteiger partial charge is 0.573 e. The number of alkyl halides is 3. The van der Waals surface area contributed by atoms with Gasteiger partial charge in [0.2, 0.25) is 0 Å². The van der Waals surface area contributed by atoms with E-state index in [-0.39, 0.29) is 5.82 Å². The van der Waals surface area contributed by atoms with Crippen molar-refractivity contribution in [3.63, 3.8) is 0 Å². The van der Waals surface area contributed by atoms with Gasteiger partial charge in [0.1, 0.15) is 5.82 Å².